The minimum Gasteiger partial charge on any atom is -0.351 e. The Bertz CT molecular complexity index is 433. The van der Waals surface area contributed by atoms with Crippen LogP contribution < -0.4 is 5.32 Å². The molecule has 4 aliphatic rings. The molecule has 0 heterocycles. The number of carbonyl (C=O) groups is 1. The van der Waals surface area contributed by atoms with E-state index in [2.05, 4.69) is 5.32 Å². The molecule has 1 N–H and O–H groups in total. The predicted octanol–water partition coefficient (Wildman–Crippen LogP) is 3.88. The molecule has 102 valence electrons. The van der Waals surface area contributed by atoms with Crippen molar-refractivity contribution in [3.05, 3.63) is 0 Å². The zero-order valence-corrected chi connectivity index (χ0v) is 12.8. The largest absolute Gasteiger partial charge is 0.351 e. The van der Waals surface area contributed by atoms with E-state index in [0.717, 1.165) is 25.7 Å². The van der Waals surface area contributed by atoms with E-state index in [1.165, 1.54) is 6.42 Å². The quantitative estimate of drug-likeness (QED) is 0.787. The van der Waals surface area contributed by atoms with Gasteiger partial charge in [0, 0.05) is 12.5 Å². The lowest BCUT2D eigenvalue weighted by Crippen LogP contribution is -2.64. The maximum atomic E-state index is 12.3. The Kier molecular flexibility index (Phi) is 2.87. The van der Waals surface area contributed by atoms with Crippen LogP contribution in [0.2, 0.25) is 0 Å². The molecular formula is C12H18Cl2NO2P. The molecule has 4 aliphatic carbocycles. The van der Waals surface area contributed by atoms with Crippen LogP contribution in [0.5, 0.6) is 0 Å². The Morgan fingerprint density at radius 3 is 2.22 bits per heavy atom. The number of nitrogens with one attached hydrogen (secondary N) is 1. The van der Waals surface area contributed by atoms with E-state index in [4.69, 9.17) is 22.5 Å². The molecule has 0 aromatic rings. The van der Waals surface area contributed by atoms with Crippen LogP contribution in [-0.2, 0) is 9.36 Å². The molecule has 1 amide bonds. The van der Waals surface area contributed by atoms with E-state index in [1.807, 2.05) is 0 Å². The summed E-state index contributed by atoms with van der Waals surface area (Å²) in [6, 6.07) is 0. The van der Waals surface area contributed by atoms with Gasteiger partial charge in [0.1, 0.15) is 0 Å². The second-order valence-corrected chi connectivity index (χ2v) is 11.9. The van der Waals surface area contributed by atoms with Gasteiger partial charge in [0.2, 0.25) is 5.91 Å². The van der Waals surface area contributed by atoms with Crippen LogP contribution in [0.4, 0.5) is 0 Å². The van der Waals surface area contributed by atoms with Crippen LogP contribution in [0, 0.1) is 11.8 Å². The van der Waals surface area contributed by atoms with Crippen molar-refractivity contribution in [2.75, 3.05) is 0 Å². The predicted molar refractivity (Wildman–Crippen MR) is 73.3 cm³/mol. The van der Waals surface area contributed by atoms with E-state index in [0.29, 0.717) is 18.3 Å². The zero-order chi connectivity index (χ0) is 13.2. The fraction of sp³-hybridized carbons (Fsp3) is 0.917. The summed E-state index contributed by atoms with van der Waals surface area (Å²) in [6.07, 6.45) is 5.61. The van der Waals surface area contributed by atoms with Crippen LogP contribution in [0.1, 0.15) is 45.4 Å². The topological polar surface area (TPSA) is 46.2 Å². The number of hydrogen-bond donors (Lipinski definition) is 1. The lowest BCUT2D eigenvalue weighted by molar-refractivity contribution is -0.124. The average Bonchev–Trinajstić information content (AvgIpc) is 2.10. The summed E-state index contributed by atoms with van der Waals surface area (Å²) in [7, 11) is 0. The highest BCUT2D eigenvalue weighted by Crippen LogP contribution is 2.78. The van der Waals surface area contributed by atoms with Gasteiger partial charge in [-0.1, -0.05) is 0 Å². The fourth-order valence-corrected chi connectivity index (χ4v) is 7.65. The van der Waals surface area contributed by atoms with Crippen LogP contribution >= 0.6 is 28.3 Å². The van der Waals surface area contributed by atoms with Gasteiger partial charge in [-0.15, -0.1) is 0 Å². The molecular weight excluding hydrogens is 292 g/mol. The maximum absolute atomic E-state index is 12.3. The molecule has 4 bridgehead atoms. The van der Waals surface area contributed by atoms with E-state index in [-0.39, 0.29) is 11.4 Å². The summed E-state index contributed by atoms with van der Waals surface area (Å²) in [5.41, 5.74) is -0.199. The Morgan fingerprint density at radius 2 is 1.78 bits per heavy atom. The van der Waals surface area contributed by atoms with Crippen molar-refractivity contribution in [3.63, 3.8) is 0 Å². The third kappa shape index (κ3) is 1.94. The van der Waals surface area contributed by atoms with Crippen molar-refractivity contribution in [3.8, 4) is 0 Å². The van der Waals surface area contributed by atoms with Gasteiger partial charge in [-0.05, 0) is 72.8 Å². The molecule has 3 nitrogen and oxygen atoms in total. The van der Waals surface area contributed by atoms with Crippen molar-refractivity contribution in [1.29, 1.82) is 0 Å². The Labute approximate surface area is 117 Å². The number of halogens is 2. The second-order valence-electron chi connectivity index (χ2n) is 6.61. The highest BCUT2D eigenvalue weighted by atomic mass is 35.9. The first-order chi connectivity index (χ1) is 8.24. The molecule has 4 fully saturated rings. The lowest BCUT2D eigenvalue weighted by Gasteiger charge is -2.62. The van der Waals surface area contributed by atoms with E-state index >= 15 is 0 Å². The minimum absolute atomic E-state index is 0.00826. The molecule has 18 heavy (non-hydrogen) atoms. The fourth-order valence-electron chi connectivity index (χ4n) is 5.04. The molecule has 2 atom stereocenters. The first kappa shape index (κ1) is 13.3. The molecule has 0 aliphatic heterocycles. The Hall–Kier alpha value is 0.280. The average molecular weight is 310 g/mol. The standard InChI is InChI=1S/C12H18Cl2NO2P/c1-8(16)15-11-3-9-2-10(4-11)6-12(5-9,7-11)18(13,14)17/h9-10H,2-7H2,1H3,(H,15,16). The van der Waals surface area contributed by atoms with Crippen LogP contribution in [-0.4, -0.2) is 16.6 Å². The third-order valence-electron chi connectivity index (χ3n) is 5.02. The second kappa shape index (κ2) is 3.90. The molecule has 0 aromatic heterocycles. The number of carbonyl (C=O) groups excluding carboxylic acids is 1. The maximum Gasteiger partial charge on any atom is 0.259 e. The number of rotatable bonds is 2. The van der Waals surface area contributed by atoms with E-state index in [9.17, 15) is 9.36 Å². The van der Waals surface area contributed by atoms with Gasteiger partial charge in [-0.25, -0.2) is 0 Å². The summed E-state index contributed by atoms with van der Waals surface area (Å²) >= 11 is 12.1. The molecule has 0 radical (unpaired) electrons. The van der Waals surface area contributed by atoms with Gasteiger partial charge in [0.25, 0.3) is 5.85 Å². The highest BCUT2D eigenvalue weighted by molar-refractivity contribution is 8.09. The molecule has 0 saturated heterocycles. The van der Waals surface area contributed by atoms with Gasteiger partial charge in [0.15, 0.2) is 0 Å². The molecule has 4 rings (SSSR count). The zero-order valence-electron chi connectivity index (χ0n) is 10.4. The molecule has 0 aromatic carbocycles. The third-order valence-corrected chi connectivity index (χ3v) is 8.80. The van der Waals surface area contributed by atoms with Crippen molar-refractivity contribution < 1.29 is 9.36 Å². The molecule has 4 saturated carbocycles. The van der Waals surface area contributed by atoms with Crippen molar-refractivity contribution in [2.24, 2.45) is 11.8 Å². The number of amides is 1. The SMILES string of the molecule is CC(=O)NC12CC3CC(C1)CC(P(=O)(Cl)Cl)(C3)C2. The smallest absolute Gasteiger partial charge is 0.259 e. The van der Waals surface area contributed by atoms with E-state index < -0.39 is 11.0 Å². The van der Waals surface area contributed by atoms with E-state index in [1.54, 1.807) is 6.92 Å². The van der Waals surface area contributed by atoms with Crippen LogP contribution in [0.15, 0.2) is 0 Å². The van der Waals surface area contributed by atoms with Gasteiger partial charge >= 0.3 is 0 Å². The molecule has 6 heteroatoms. The first-order valence-electron chi connectivity index (χ1n) is 6.52. The summed E-state index contributed by atoms with van der Waals surface area (Å²) < 4.78 is 12.3. The van der Waals surface area contributed by atoms with Crippen LogP contribution in [0.3, 0.4) is 0 Å². The van der Waals surface area contributed by atoms with Crippen molar-refractivity contribution in [2.45, 2.75) is 56.1 Å². The van der Waals surface area contributed by atoms with Crippen molar-refractivity contribution >= 4 is 34.2 Å². The normalized spacial score (nSPS) is 46.2. The molecule has 0 spiro atoms. The van der Waals surface area contributed by atoms with Gasteiger partial charge in [0.05, 0.1) is 5.16 Å². The van der Waals surface area contributed by atoms with Crippen molar-refractivity contribution in [1.82, 2.24) is 5.32 Å². The Morgan fingerprint density at radius 1 is 1.22 bits per heavy atom. The number of hydrogen-bond acceptors (Lipinski definition) is 2. The van der Waals surface area contributed by atoms with Gasteiger partial charge in [-0.3, -0.25) is 9.36 Å². The van der Waals surface area contributed by atoms with Gasteiger partial charge < -0.3 is 5.32 Å². The molecule has 2 unspecified atom stereocenters. The Balaban J connectivity index is 1.98. The summed E-state index contributed by atoms with van der Waals surface area (Å²) in [4.78, 5) is 11.4. The van der Waals surface area contributed by atoms with Crippen LogP contribution in [0.25, 0.3) is 0 Å². The lowest BCUT2D eigenvalue weighted by atomic mass is 9.52. The monoisotopic (exact) mass is 309 g/mol. The highest BCUT2D eigenvalue weighted by Gasteiger charge is 2.63. The first-order valence-corrected chi connectivity index (χ1v) is 10.0. The summed E-state index contributed by atoms with van der Waals surface area (Å²) in [6.45, 7) is 1.55. The summed E-state index contributed by atoms with van der Waals surface area (Å²) in [5, 5.41) is 2.67. The minimum atomic E-state index is -3.16. The summed E-state index contributed by atoms with van der Waals surface area (Å²) in [5.74, 6) is -2.13. The van der Waals surface area contributed by atoms with Gasteiger partial charge in [-0.2, -0.15) is 0 Å².